The van der Waals surface area contributed by atoms with Gasteiger partial charge in [-0.3, -0.25) is 4.90 Å². The van der Waals surface area contributed by atoms with Gasteiger partial charge in [0.2, 0.25) is 0 Å². The highest BCUT2D eigenvalue weighted by molar-refractivity contribution is 5.25. The molecule has 3 rings (SSSR count). The number of benzene rings is 1. The molecular weight excluding hydrogens is 244 g/mol. The normalized spacial score (nSPS) is 22.9. The smallest absolute Gasteiger partial charge is 0.0349 e. The Morgan fingerprint density at radius 1 is 1.15 bits per heavy atom. The summed E-state index contributed by atoms with van der Waals surface area (Å²) in [5.41, 5.74) is 2.83. The van der Waals surface area contributed by atoms with Crippen LogP contribution in [0.4, 0.5) is 0 Å². The van der Waals surface area contributed by atoms with Crippen LogP contribution in [-0.2, 0) is 0 Å². The zero-order chi connectivity index (χ0) is 13.9. The minimum Gasteiger partial charge on any atom is -0.308 e. The first kappa shape index (κ1) is 14.1. The van der Waals surface area contributed by atoms with Crippen LogP contribution < -0.4 is 5.32 Å². The Bertz CT molecular complexity index is 416. The molecule has 2 aliphatic rings. The quantitative estimate of drug-likeness (QED) is 0.852. The first-order valence-electron chi connectivity index (χ1n) is 8.28. The van der Waals surface area contributed by atoms with Crippen LogP contribution in [0.3, 0.4) is 0 Å². The summed E-state index contributed by atoms with van der Waals surface area (Å²) < 4.78 is 0. The van der Waals surface area contributed by atoms with E-state index in [1.165, 1.54) is 49.9 Å². The summed E-state index contributed by atoms with van der Waals surface area (Å²) in [4.78, 5) is 2.63. The molecule has 1 heterocycles. The number of nitrogens with one attached hydrogen (secondary N) is 1. The summed E-state index contributed by atoms with van der Waals surface area (Å²) in [6.45, 7) is 8.24. The molecule has 0 aromatic heterocycles. The third kappa shape index (κ3) is 3.42. The van der Waals surface area contributed by atoms with Crippen molar-refractivity contribution in [3.8, 4) is 0 Å². The lowest BCUT2D eigenvalue weighted by molar-refractivity contribution is 0.243. The largest absolute Gasteiger partial charge is 0.308 e. The van der Waals surface area contributed by atoms with E-state index in [4.69, 9.17) is 0 Å². The zero-order valence-corrected chi connectivity index (χ0v) is 12.9. The summed E-state index contributed by atoms with van der Waals surface area (Å²) in [7, 11) is 0. The fourth-order valence-corrected chi connectivity index (χ4v) is 3.37. The summed E-state index contributed by atoms with van der Waals surface area (Å²) in [6.07, 6.45) is 5.55. The first-order valence-corrected chi connectivity index (χ1v) is 8.28. The molecule has 0 radical (unpaired) electrons. The van der Waals surface area contributed by atoms with Gasteiger partial charge in [0.25, 0.3) is 0 Å². The van der Waals surface area contributed by atoms with E-state index in [2.05, 4.69) is 48.3 Å². The third-order valence-corrected chi connectivity index (χ3v) is 4.93. The van der Waals surface area contributed by atoms with E-state index >= 15 is 0 Å². The van der Waals surface area contributed by atoms with Crippen LogP contribution in [0.5, 0.6) is 0 Å². The fourth-order valence-electron chi connectivity index (χ4n) is 3.37. The van der Waals surface area contributed by atoms with Gasteiger partial charge in [0.1, 0.15) is 0 Å². The Balaban J connectivity index is 1.58. The van der Waals surface area contributed by atoms with Gasteiger partial charge in [0.15, 0.2) is 0 Å². The second kappa shape index (κ2) is 6.28. The van der Waals surface area contributed by atoms with Crippen LogP contribution in [0.1, 0.15) is 49.8 Å². The Morgan fingerprint density at radius 3 is 2.40 bits per heavy atom. The third-order valence-electron chi connectivity index (χ3n) is 4.93. The Hall–Kier alpha value is -0.860. The summed E-state index contributed by atoms with van der Waals surface area (Å²) in [6, 6.07) is 10.4. The lowest BCUT2D eigenvalue weighted by Crippen LogP contribution is -2.40. The molecule has 2 fully saturated rings. The van der Waals surface area contributed by atoms with Crippen molar-refractivity contribution in [2.45, 2.75) is 51.6 Å². The molecule has 2 heteroatoms. The van der Waals surface area contributed by atoms with Gasteiger partial charge in [0.05, 0.1) is 0 Å². The molecule has 1 aromatic carbocycles. The van der Waals surface area contributed by atoms with Crippen molar-refractivity contribution in [2.24, 2.45) is 5.92 Å². The van der Waals surface area contributed by atoms with Crippen LogP contribution >= 0.6 is 0 Å². The molecule has 1 aliphatic carbocycles. The van der Waals surface area contributed by atoms with E-state index in [0.717, 1.165) is 12.5 Å². The van der Waals surface area contributed by atoms with Gasteiger partial charge < -0.3 is 5.32 Å². The van der Waals surface area contributed by atoms with Crippen molar-refractivity contribution in [3.05, 3.63) is 35.4 Å². The van der Waals surface area contributed by atoms with Gasteiger partial charge >= 0.3 is 0 Å². The Kier molecular flexibility index (Phi) is 4.42. The van der Waals surface area contributed by atoms with Crippen LogP contribution in [0.2, 0.25) is 0 Å². The standard InChI is InChI=1S/C18H28N2/c1-14-5-7-16(8-6-14)18(17-9-10-17)19-13-15(2)20-11-3-4-12-20/h5-8,15,17-19H,3-4,9-13H2,1-2H3. The maximum absolute atomic E-state index is 3.85. The number of hydrogen-bond donors (Lipinski definition) is 1. The van der Waals surface area contributed by atoms with E-state index in [9.17, 15) is 0 Å². The highest BCUT2D eigenvalue weighted by Gasteiger charge is 2.32. The van der Waals surface area contributed by atoms with Gasteiger partial charge in [-0.1, -0.05) is 29.8 Å². The molecule has 2 atom stereocenters. The average Bonchev–Trinajstić information content (AvgIpc) is 3.14. The van der Waals surface area contributed by atoms with Gasteiger partial charge in [-0.25, -0.2) is 0 Å². The second-order valence-electron chi connectivity index (χ2n) is 6.73. The summed E-state index contributed by atoms with van der Waals surface area (Å²) >= 11 is 0. The van der Waals surface area contributed by atoms with Crippen LogP contribution in [0.25, 0.3) is 0 Å². The molecule has 0 amide bonds. The monoisotopic (exact) mass is 272 g/mol. The Labute approximate surface area is 123 Å². The maximum Gasteiger partial charge on any atom is 0.0349 e. The second-order valence-corrected chi connectivity index (χ2v) is 6.73. The molecule has 0 spiro atoms. The van der Waals surface area contributed by atoms with E-state index in [-0.39, 0.29) is 0 Å². The lowest BCUT2D eigenvalue weighted by Gasteiger charge is -2.27. The van der Waals surface area contributed by atoms with Crippen molar-refractivity contribution in [1.29, 1.82) is 0 Å². The molecular formula is C18H28N2. The number of rotatable bonds is 6. The Morgan fingerprint density at radius 2 is 1.80 bits per heavy atom. The van der Waals surface area contributed by atoms with Crippen molar-refractivity contribution < 1.29 is 0 Å². The molecule has 1 N–H and O–H groups in total. The molecule has 1 saturated carbocycles. The van der Waals surface area contributed by atoms with E-state index in [0.29, 0.717) is 12.1 Å². The zero-order valence-electron chi connectivity index (χ0n) is 12.9. The highest BCUT2D eigenvalue weighted by atomic mass is 15.2. The molecule has 1 saturated heterocycles. The molecule has 1 aromatic rings. The van der Waals surface area contributed by atoms with E-state index in [1.807, 2.05) is 0 Å². The van der Waals surface area contributed by atoms with Crippen LogP contribution in [-0.4, -0.2) is 30.6 Å². The van der Waals surface area contributed by atoms with Gasteiger partial charge in [-0.2, -0.15) is 0 Å². The van der Waals surface area contributed by atoms with Crippen molar-refractivity contribution in [2.75, 3.05) is 19.6 Å². The predicted molar refractivity (Wildman–Crippen MR) is 84.9 cm³/mol. The lowest BCUT2D eigenvalue weighted by atomic mass is 10.0. The first-order chi connectivity index (χ1) is 9.74. The van der Waals surface area contributed by atoms with Gasteiger partial charge in [-0.15, -0.1) is 0 Å². The van der Waals surface area contributed by atoms with E-state index < -0.39 is 0 Å². The van der Waals surface area contributed by atoms with Crippen molar-refractivity contribution >= 4 is 0 Å². The molecule has 20 heavy (non-hydrogen) atoms. The number of hydrogen-bond acceptors (Lipinski definition) is 2. The number of likely N-dealkylation sites (tertiary alicyclic amines) is 1. The van der Waals surface area contributed by atoms with Crippen LogP contribution in [0, 0.1) is 12.8 Å². The number of aryl methyl sites for hydroxylation is 1. The molecule has 110 valence electrons. The predicted octanol–water partition coefficient (Wildman–Crippen LogP) is 3.52. The fraction of sp³-hybridized carbons (Fsp3) is 0.667. The van der Waals surface area contributed by atoms with Crippen LogP contribution in [0.15, 0.2) is 24.3 Å². The minimum absolute atomic E-state index is 0.570. The average molecular weight is 272 g/mol. The SMILES string of the molecule is Cc1ccc(C(NCC(C)N2CCCC2)C2CC2)cc1. The maximum atomic E-state index is 3.85. The highest BCUT2D eigenvalue weighted by Crippen LogP contribution is 2.41. The molecule has 2 nitrogen and oxygen atoms in total. The topological polar surface area (TPSA) is 15.3 Å². The summed E-state index contributed by atoms with van der Waals surface area (Å²) in [5.74, 6) is 0.864. The summed E-state index contributed by atoms with van der Waals surface area (Å²) in [5, 5.41) is 3.85. The van der Waals surface area contributed by atoms with Crippen molar-refractivity contribution in [3.63, 3.8) is 0 Å². The minimum atomic E-state index is 0.570. The number of nitrogens with zero attached hydrogens (tertiary/aromatic N) is 1. The molecule has 2 unspecified atom stereocenters. The van der Waals surface area contributed by atoms with Gasteiger partial charge in [0, 0.05) is 18.6 Å². The van der Waals surface area contributed by atoms with E-state index in [1.54, 1.807) is 0 Å². The van der Waals surface area contributed by atoms with Crippen molar-refractivity contribution in [1.82, 2.24) is 10.2 Å². The molecule has 1 aliphatic heterocycles. The van der Waals surface area contributed by atoms with Gasteiger partial charge in [-0.05, 0) is 64.1 Å². The molecule has 0 bridgehead atoms.